The Bertz CT molecular complexity index is 235. The average Bonchev–Trinajstić information content (AvgIpc) is 2.19. The normalized spacial score (nSPS) is 13.7. The highest BCUT2D eigenvalue weighted by molar-refractivity contribution is 6.65. The molecule has 0 aliphatic carbocycles. The van der Waals surface area contributed by atoms with E-state index in [9.17, 15) is 9.59 Å². The molecule has 0 heterocycles. The number of halogens is 2. The van der Waals surface area contributed by atoms with Gasteiger partial charge in [-0.1, -0.05) is 20.8 Å². The molecule has 88 valence electrons. The SMILES string of the molecule is CCC(CC(CC)(CC)C(=O)Cl)C(=O)Cl. The summed E-state index contributed by atoms with van der Waals surface area (Å²) in [6, 6.07) is 0. The van der Waals surface area contributed by atoms with E-state index in [-0.39, 0.29) is 16.4 Å². The molecule has 1 atom stereocenters. The second-order valence-corrected chi connectivity index (χ2v) is 4.59. The molecule has 0 bridgehead atoms. The quantitative estimate of drug-likeness (QED) is 0.647. The van der Waals surface area contributed by atoms with Crippen molar-refractivity contribution in [1.29, 1.82) is 0 Å². The zero-order chi connectivity index (χ0) is 12.1. The molecule has 0 amide bonds. The summed E-state index contributed by atoms with van der Waals surface area (Å²) in [4.78, 5) is 22.5. The zero-order valence-electron chi connectivity index (χ0n) is 9.48. The molecule has 0 radical (unpaired) electrons. The molecular weight excluding hydrogens is 235 g/mol. The molecule has 0 saturated heterocycles. The van der Waals surface area contributed by atoms with Crippen molar-refractivity contribution in [1.82, 2.24) is 0 Å². The van der Waals surface area contributed by atoms with Crippen molar-refractivity contribution < 1.29 is 9.59 Å². The summed E-state index contributed by atoms with van der Waals surface area (Å²) < 4.78 is 0. The van der Waals surface area contributed by atoms with Gasteiger partial charge < -0.3 is 0 Å². The lowest BCUT2D eigenvalue weighted by Crippen LogP contribution is -2.30. The van der Waals surface area contributed by atoms with Crippen molar-refractivity contribution in [2.75, 3.05) is 0 Å². The van der Waals surface area contributed by atoms with Crippen LogP contribution in [0, 0.1) is 11.3 Å². The molecule has 0 spiro atoms. The van der Waals surface area contributed by atoms with E-state index in [1.54, 1.807) is 0 Å². The van der Waals surface area contributed by atoms with Gasteiger partial charge in [0.05, 0.1) is 0 Å². The molecule has 1 unspecified atom stereocenters. The van der Waals surface area contributed by atoms with E-state index in [0.29, 0.717) is 25.7 Å². The first-order valence-corrected chi connectivity index (χ1v) is 6.08. The average molecular weight is 253 g/mol. The fraction of sp³-hybridized carbons (Fsp3) is 0.818. The largest absolute Gasteiger partial charge is 0.281 e. The number of hydrogen-bond acceptors (Lipinski definition) is 2. The van der Waals surface area contributed by atoms with Crippen molar-refractivity contribution in [3.63, 3.8) is 0 Å². The molecule has 0 aliphatic heterocycles. The van der Waals surface area contributed by atoms with Gasteiger partial charge in [-0.25, -0.2) is 0 Å². The number of carbonyl (C=O) groups excluding carboxylic acids is 2. The molecule has 0 rings (SSSR count). The number of hydrogen-bond donors (Lipinski definition) is 0. The van der Waals surface area contributed by atoms with E-state index in [1.165, 1.54) is 0 Å². The lowest BCUT2D eigenvalue weighted by molar-refractivity contribution is -0.123. The Morgan fingerprint density at radius 3 is 1.80 bits per heavy atom. The van der Waals surface area contributed by atoms with Crippen LogP contribution in [-0.4, -0.2) is 10.5 Å². The molecule has 0 aromatic rings. The van der Waals surface area contributed by atoms with Gasteiger partial charge in [0.15, 0.2) is 0 Å². The summed E-state index contributed by atoms with van der Waals surface area (Å²) in [7, 11) is 0. The van der Waals surface area contributed by atoms with Crippen molar-refractivity contribution in [3.05, 3.63) is 0 Å². The molecular formula is C11H18Cl2O2. The Morgan fingerprint density at radius 2 is 1.60 bits per heavy atom. The first kappa shape index (κ1) is 14.9. The van der Waals surface area contributed by atoms with Crippen LogP contribution in [0.15, 0.2) is 0 Å². The maximum absolute atomic E-state index is 11.4. The lowest BCUT2D eigenvalue weighted by Gasteiger charge is -2.29. The van der Waals surface area contributed by atoms with E-state index in [0.717, 1.165) is 0 Å². The van der Waals surface area contributed by atoms with E-state index in [1.807, 2.05) is 20.8 Å². The van der Waals surface area contributed by atoms with Gasteiger partial charge in [-0.3, -0.25) is 9.59 Å². The van der Waals surface area contributed by atoms with Gasteiger partial charge in [-0.2, -0.15) is 0 Å². The standard InChI is InChI=1S/C11H18Cl2O2/c1-4-8(9(12)14)7-11(5-2,6-3)10(13)15/h8H,4-7H2,1-3H3. The molecule has 0 aliphatic rings. The molecule has 0 saturated carbocycles. The van der Waals surface area contributed by atoms with Crippen LogP contribution in [0.25, 0.3) is 0 Å². The predicted molar refractivity (Wildman–Crippen MR) is 63.1 cm³/mol. The number of rotatable bonds is 7. The highest BCUT2D eigenvalue weighted by Crippen LogP contribution is 2.37. The van der Waals surface area contributed by atoms with Crippen LogP contribution in [0.2, 0.25) is 0 Å². The highest BCUT2D eigenvalue weighted by Gasteiger charge is 2.37. The predicted octanol–water partition coefficient (Wildman–Crippen LogP) is 3.74. The summed E-state index contributed by atoms with van der Waals surface area (Å²) in [6.45, 7) is 5.71. The minimum Gasteiger partial charge on any atom is -0.281 e. The Morgan fingerprint density at radius 1 is 1.13 bits per heavy atom. The summed E-state index contributed by atoms with van der Waals surface area (Å²) >= 11 is 11.1. The third-order valence-electron chi connectivity index (χ3n) is 3.22. The fourth-order valence-corrected chi connectivity index (χ4v) is 2.33. The van der Waals surface area contributed by atoms with E-state index in [2.05, 4.69) is 0 Å². The Labute approximate surface area is 101 Å². The molecule has 2 nitrogen and oxygen atoms in total. The van der Waals surface area contributed by atoms with E-state index in [4.69, 9.17) is 23.2 Å². The summed E-state index contributed by atoms with van der Waals surface area (Å²) in [5.41, 5.74) is -0.590. The zero-order valence-corrected chi connectivity index (χ0v) is 11.0. The van der Waals surface area contributed by atoms with Crippen LogP contribution in [-0.2, 0) is 9.59 Å². The Balaban J connectivity index is 4.80. The van der Waals surface area contributed by atoms with E-state index >= 15 is 0 Å². The maximum atomic E-state index is 11.4. The molecule has 0 fully saturated rings. The molecule has 4 heteroatoms. The smallest absolute Gasteiger partial charge is 0.227 e. The summed E-state index contributed by atoms with van der Waals surface area (Å²) in [5.74, 6) is -0.269. The van der Waals surface area contributed by atoms with Gasteiger partial charge >= 0.3 is 0 Å². The molecule has 0 aromatic heterocycles. The van der Waals surface area contributed by atoms with Crippen molar-refractivity contribution >= 4 is 33.7 Å². The first-order chi connectivity index (χ1) is 6.93. The van der Waals surface area contributed by atoms with Crippen LogP contribution in [0.1, 0.15) is 46.5 Å². The van der Waals surface area contributed by atoms with Crippen molar-refractivity contribution in [3.8, 4) is 0 Å². The first-order valence-electron chi connectivity index (χ1n) is 5.32. The van der Waals surface area contributed by atoms with Gasteiger partial charge in [0.25, 0.3) is 0 Å². The van der Waals surface area contributed by atoms with Crippen LogP contribution in [0.3, 0.4) is 0 Å². The number of carbonyl (C=O) groups is 2. The fourth-order valence-electron chi connectivity index (χ4n) is 1.75. The van der Waals surface area contributed by atoms with Gasteiger partial charge in [0.1, 0.15) is 0 Å². The lowest BCUT2D eigenvalue weighted by atomic mass is 9.75. The highest BCUT2D eigenvalue weighted by atomic mass is 35.5. The topological polar surface area (TPSA) is 34.1 Å². The molecule has 0 N–H and O–H groups in total. The second-order valence-electron chi connectivity index (χ2n) is 3.87. The van der Waals surface area contributed by atoms with Crippen LogP contribution in [0.4, 0.5) is 0 Å². The van der Waals surface area contributed by atoms with Crippen LogP contribution in [0.5, 0.6) is 0 Å². The van der Waals surface area contributed by atoms with Gasteiger partial charge in [0.2, 0.25) is 10.5 Å². The van der Waals surface area contributed by atoms with Crippen LogP contribution < -0.4 is 0 Å². The summed E-state index contributed by atoms with van der Waals surface area (Å²) in [6.07, 6.45) is 2.40. The van der Waals surface area contributed by atoms with Crippen molar-refractivity contribution in [2.45, 2.75) is 46.5 Å². The Kier molecular flexibility index (Phi) is 6.46. The third kappa shape index (κ3) is 3.76. The van der Waals surface area contributed by atoms with Crippen molar-refractivity contribution in [2.24, 2.45) is 11.3 Å². The third-order valence-corrected chi connectivity index (χ3v) is 3.93. The second kappa shape index (κ2) is 6.49. The minimum absolute atomic E-state index is 0.269. The van der Waals surface area contributed by atoms with Gasteiger partial charge in [-0.05, 0) is 48.9 Å². The monoisotopic (exact) mass is 252 g/mol. The van der Waals surface area contributed by atoms with E-state index < -0.39 is 5.41 Å². The minimum atomic E-state index is -0.590. The van der Waals surface area contributed by atoms with Crippen LogP contribution >= 0.6 is 23.2 Å². The molecule has 0 aromatic carbocycles. The summed E-state index contributed by atoms with van der Waals surface area (Å²) in [5, 5.41) is -0.731. The van der Waals surface area contributed by atoms with Gasteiger partial charge in [-0.15, -0.1) is 0 Å². The Hall–Kier alpha value is -0.0800. The van der Waals surface area contributed by atoms with Gasteiger partial charge in [0, 0.05) is 11.3 Å². The maximum Gasteiger partial charge on any atom is 0.227 e. The molecule has 15 heavy (non-hydrogen) atoms.